The van der Waals surface area contributed by atoms with Gasteiger partial charge in [0.2, 0.25) is 0 Å². The monoisotopic (exact) mass is 160 g/mol. The van der Waals surface area contributed by atoms with Gasteiger partial charge in [-0.2, -0.15) is 5.26 Å². The van der Waals surface area contributed by atoms with Crippen LogP contribution in [-0.2, 0) is 5.54 Å². The van der Waals surface area contributed by atoms with Gasteiger partial charge in [0.1, 0.15) is 5.54 Å². The molecule has 62 valence electrons. The van der Waals surface area contributed by atoms with Crippen LogP contribution in [0.25, 0.3) is 0 Å². The molecule has 0 aliphatic rings. The maximum Gasteiger partial charge on any atom is 0.127 e. The van der Waals surface area contributed by atoms with Crippen molar-refractivity contribution in [1.82, 2.24) is 0 Å². The second-order valence-electron chi connectivity index (χ2n) is 3.13. The highest BCUT2D eigenvalue weighted by atomic mass is 14.7. The Morgan fingerprint density at radius 3 is 2.50 bits per heavy atom. The molecule has 2 N–H and O–H groups in total. The first-order chi connectivity index (χ1) is 5.58. The number of nitriles is 1. The highest BCUT2D eigenvalue weighted by molar-refractivity contribution is 5.36. The highest BCUT2D eigenvalue weighted by Gasteiger charge is 2.21. The maximum atomic E-state index is 8.80. The van der Waals surface area contributed by atoms with Crippen LogP contribution in [0.1, 0.15) is 18.1 Å². The fourth-order valence-electron chi connectivity index (χ4n) is 1.22. The maximum absolute atomic E-state index is 8.80. The number of rotatable bonds is 1. The molecule has 0 saturated heterocycles. The van der Waals surface area contributed by atoms with Crippen molar-refractivity contribution in [2.24, 2.45) is 5.73 Å². The third-order valence-corrected chi connectivity index (χ3v) is 1.94. The fourth-order valence-corrected chi connectivity index (χ4v) is 1.22. The van der Waals surface area contributed by atoms with Gasteiger partial charge in [-0.3, -0.25) is 0 Å². The highest BCUT2D eigenvalue weighted by Crippen LogP contribution is 2.19. The quantitative estimate of drug-likeness (QED) is 0.679. The van der Waals surface area contributed by atoms with E-state index in [0.29, 0.717) is 0 Å². The number of benzene rings is 1. The standard InChI is InChI=1S/C10H12N2/c1-8-5-3-4-6-9(8)10(2,12)7-11/h3-6H,12H2,1-2H3/t10-/m0/s1. The molecule has 12 heavy (non-hydrogen) atoms. The van der Waals surface area contributed by atoms with E-state index in [-0.39, 0.29) is 0 Å². The van der Waals surface area contributed by atoms with Gasteiger partial charge >= 0.3 is 0 Å². The van der Waals surface area contributed by atoms with Crippen LogP contribution in [0.4, 0.5) is 0 Å². The van der Waals surface area contributed by atoms with E-state index in [1.165, 1.54) is 0 Å². The van der Waals surface area contributed by atoms with E-state index in [2.05, 4.69) is 6.07 Å². The van der Waals surface area contributed by atoms with E-state index in [0.717, 1.165) is 11.1 Å². The van der Waals surface area contributed by atoms with Crippen molar-refractivity contribution in [3.05, 3.63) is 35.4 Å². The van der Waals surface area contributed by atoms with Gasteiger partial charge in [-0.15, -0.1) is 0 Å². The first-order valence-corrected chi connectivity index (χ1v) is 3.84. The zero-order valence-corrected chi connectivity index (χ0v) is 7.33. The molecule has 0 fully saturated rings. The molecule has 0 saturated carbocycles. The summed E-state index contributed by atoms with van der Waals surface area (Å²) in [5, 5.41) is 8.80. The molecular weight excluding hydrogens is 148 g/mol. The van der Waals surface area contributed by atoms with Gasteiger partial charge in [0, 0.05) is 0 Å². The summed E-state index contributed by atoms with van der Waals surface area (Å²) in [4.78, 5) is 0. The smallest absolute Gasteiger partial charge is 0.127 e. The minimum atomic E-state index is -0.870. The number of aryl methyl sites for hydroxylation is 1. The van der Waals surface area contributed by atoms with Crippen molar-refractivity contribution < 1.29 is 0 Å². The summed E-state index contributed by atoms with van der Waals surface area (Å²) in [7, 11) is 0. The van der Waals surface area contributed by atoms with Gasteiger partial charge in [0.25, 0.3) is 0 Å². The van der Waals surface area contributed by atoms with E-state index < -0.39 is 5.54 Å². The van der Waals surface area contributed by atoms with Crippen molar-refractivity contribution >= 4 is 0 Å². The Hall–Kier alpha value is -1.33. The molecule has 0 aliphatic heterocycles. The lowest BCUT2D eigenvalue weighted by Crippen LogP contribution is -2.31. The minimum Gasteiger partial charge on any atom is -0.310 e. The van der Waals surface area contributed by atoms with E-state index in [1.54, 1.807) is 6.92 Å². The van der Waals surface area contributed by atoms with Gasteiger partial charge < -0.3 is 5.73 Å². The molecule has 1 aromatic carbocycles. The largest absolute Gasteiger partial charge is 0.310 e. The van der Waals surface area contributed by atoms with Crippen LogP contribution >= 0.6 is 0 Å². The van der Waals surface area contributed by atoms with Gasteiger partial charge in [-0.05, 0) is 25.0 Å². The van der Waals surface area contributed by atoms with Gasteiger partial charge in [0.05, 0.1) is 6.07 Å². The molecule has 0 spiro atoms. The van der Waals surface area contributed by atoms with Crippen LogP contribution in [0, 0.1) is 18.3 Å². The van der Waals surface area contributed by atoms with Gasteiger partial charge in [0.15, 0.2) is 0 Å². The normalized spacial score (nSPS) is 14.8. The number of hydrogen-bond donors (Lipinski definition) is 1. The zero-order valence-electron chi connectivity index (χ0n) is 7.33. The molecule has 0 radical (unpaired) electrons. The topological polar surface area (TPSA) is 49.8 Å². The molecule has 2 nitrogen and oxygen atoms in total. The Bertz CT molecular complexity index is 321. The van der Waals surface area contributed by atoms with Gasteiger partial charge in [-0.1, -0.05) is 24.3 Å². The molecule has 1 atom stereocenters. The molecule has 0 amide bonds. The third kappa shape index (κ3) is 1.46. The fraction of sp³-hybridized carbons (Fsp3) is 0.300. The van der Waals surface area contributed by atoms with Crippen molar-refractivity contribution in [3.8, 4) is 6.07 Å². The van der Waals surface area contributed by atoms with E-state index in [9.17, 15) is 0 Å². The van der Waals surface area contributed by atoms with Crippen LogP contribution in [-0.4, -0.2) is 0 Å². The summed E-state index contributed by atoms with van der Waals surface area (Å²) in [6, 6.07) is 9.75. The average molecular weight is 160 g/mol. The SMILES string of the molecule is Cc1ccccc1[C@@](C)(N)C#N. The van der Waals surface area contributed by atoms with Crippen LogP contribution in [0.2, 0.25) is 0 Å². The lowest BCUT2D eigenvalue weighted by Gasteiger charge is -2.17. The Balaban J connectivity index is 3.22. The first kappa shape index (κ1) is 8.76. The van der Waals surface area contributed by atoms with Crippen molar-refractivity contribution in [2.75, 3.05) is 0 Å². The van der Waals surface area contributed by atoms with E-state index in [1.807, 2.05) is 31.2 Å². The predicted molar refractivity (Wildman–Crippen MR) is 48.3 cm³/mol. The molecule has 0 aromatic heterocycles. The third-order valence-electron chi connectivity index (χ3n) is 1.94. The second kappa shape index (κ2) is 2.96. The van der Waals surface area contributed by atoms with Gasteiger partial charge in [-0.25, -0.2) is 0 Å². The van der Waals surface area contributed by atoms with E-state index in [4.69, 9.17) is 11.0 Å². The molecule has 2 heteroatoms. The summed E-state index contributed by atoms with van der Waals surface area (Å²) in [5.74, 6) is 0. The van der Waals surface area contributed by atoms with E-state index >= 15 is 0 Å². The molecular formula is C10H12N2. The predicted octanol–water partition coefficient (Wildman–Crippen LogP) is 1.69. The molecule has 1 rings (SSSR count). The first-order valence-electron chi connectivity index (χ1n) is 3.84. The summed E-state index contributed by atoms with van der Waals surface area (Å²) >= 11 is 0. The Morgan fingerprint density at radius 2 is 2.00 bits per heavy atom. The molecule has 0 heterocycles. The summed E-state index contributed by atoms with van der Waals surface area (Å²) in [5.41, 5.74) is 6.86. The summed E-state index contributed by atoms with van der Waals surface area (Å²) in [6.45, 7) is 3.67. The van der Waals surface area contributed by atoms with Crippen molar-refractivity contribution in [2.45, 2.75) is 19.4 Å². The average Bonchev–Trinajstić information content (AvgIpc) is 2.05. The summed E-state index contributed by atoms with van der Waals surface area (Å²) < 4.78 is 0. The van der Waals surface area contributed by atoms with Crippen LogP contribution in [0.15, 0.2) is 24.3 Å². The molecule has 0 bridgehead atoms. The summed E-state index contributed by atoms with van der Waals surface area (Å²) in [6.07, 6.45) is 0. The Labute approximate surface area is 72.6 Å². The number of nitrogens with zero attached hydrogens (tertiary/aromatic N) is 1. The van der Waals surface area contributed by atoms with Crippen LogP contribution in [0.5, 0.6) is 0 Å². The lowest BCUT2D eigenvalue weighted by atomic mass is 9.91. The number of nitrogens with two attached hydrogens (primary N) is 1. The molecule has 0 aliphatic carbocycles. The second-order valence-corrected chi connectivity index (χ2v) is 3.13. The minimum absolute atomic E-state index is 0.870. The zero-order chi connectivity index (χ0) is 9.19. The Morgan fingerprint density at radius 1 is 1.42 bits per heavy atom. The van der Waals surface area contributed by atoms with Crippen molar-refractivity contribution in [3.63, 3.8) is 0 Å². The molecule has 1 aromatic rings. The lowest BCUT2D eigenvalue weighted by molar-refractivity contribution is 0.642. The molecule has 0 unspecified atom stereocenters. The van der Waals surface area contributed by atoms with Crippen LogP contribution < -0.4 is 5.73 Å². The Kier molecular flexibility index (Phi) is 2.16. The number of hydrogen-bond acceptors (Lipinski definition) is 2. The van der Waals surface area contributed by atoms with Crippen molar-refractivity contribution in [1.29, 1.82) is 5.26 Å². The van der Waals surface area contributed by atoms with Crippen LogP contribution in [0.3, 0.4) is 0 Å².